The lowest BCUT2D eigenvalue weighted by Gasteiger charge is -2.41. The topological polar surface area (TPSA) is 91.5 Å². The molecule has 1 atom stereocenters. The van der Waals surface area contributed by atoms with E-state index in [1.807, 2.05) is 13.8 Å². The average molecular weight is 264 g/mol. The lowest BCUT2D eigenvalue weighted by molar-refractivity contribution is -0.0182. The van der Waals surface area contributed by atoms with Crippen LogP contribution in [0.2, 0.25) is 0 Å². The van der Waals surface area contributed by atoms with Gasteiger partial charge in [0.15, 0.2) is 0 Å². The summed E-state index contributed by atoms with van der Waals surface area (Å²) in [6, 6.07) is 3.29. The third kappa shape index (κ3) is 2.85. The summed E-state index contributed by atoms with van der Waals surface area (Å²) in [4.78, 5) is 18.2. The number of aliphatic hydroxyl groups is 1. The standard InChI is InChI=1S/C13H20N4O2/c1-13(2)8-17(6-4-10(13)18)12(19)9-3-5-15-11(7-9)16-14/h3,5,7,10,18H,4,6,8,14H2,1-2H3,(H,15,16). The molecule has 0 aliphatic carbocycles. The van der Waals surface area contributed by atoms with E-state index in [1.54, 1.807) is 23.2 Å². The van der Waals surface area contributed by atoms with Gasteiger partial charge in [-0.1, -0.05) is 13.8 Å². The molecule has 6 heteroatoms. The number of likely N-dealkylation sites (tertiary alicyclic amines) is 1. The molecule has 2 rings (SSSR count). The van der Waals surface area contributed by atoms with Crippen molar-refractivity contribution in [1.29, 1.82) is 0 Å². The Morgan fingerprint density at radius 1 is 1.63 bits per heavy atom. The summed E-state index contributed by atoms with van der Waals surface area (Å²) in [5, 5.41) is 9.91. The van der Waals surface area contributed by atoms with Gasteiger partial charge in [-0.2, -0.15) is 0 Å². The number of hydrogen-bond donors (Lipinski definition) is 3. The number of pyridine rings is 1. The molecule has 0 spiro atoms. The number of amides is 1. The minimum Gasteiger partial charge on any atom is -0.392 e. The van der Waals surface area contributed by atoms with E-state index >= 15 is 0 Å². The minimum absolute atomic E-state index is 0.0566. The van der Waals surface area contributed by atoms with E-state index in [9.17, 15) is 9.90 Å². The number of nitrogens with two attached hydrogens (primary N) is 1. The Bertz CT molecular complexity index is 475. The van der Waals surface area contributed by atoms with E-state index in [0.717, 1.165) is 0 Å². The molecule has 2 heterocycles. The number of aromatic nitrogens is 1. The van der Waals surface area contributed by atoms with Crippen LogP contribution >= 0.6 is 0 Å². The highest BCUT2D eigenvalue weighted by Gasteiger charge is 2.36. The number of nitrogens with one attached hydrogen (secondary N) is 1. The van der Waals surface area contributed by atoms with E-state index in [0.29, 0.717) is 30.9 Å². The summed E-state index contributed by atoms with van der Waals surface area (Å²) in [7, 11) is 0. The number of nitrogen functional groups attached to an aromatic ring is 1. The Balaban J connectivity index is 2.15. The predicted octanol–water partition coefficient (Wildman–Crippen LogP) is 0.600. The highest BCUT2D eigenvalue weighted by Crippen LogP contribution is 2.29. The molecular formula is C13H20N4O2. The number of carbonyl (C=O) groups excluding carboxylic acids is 1. The van der Waals surface area contributed by atoms with Gasteiger partial charge in [0.2, 0.25) is 0 Å². The van der Waals surface area contributed by atoms with Crippen molar-refractivity contribution in [3.05, 3.63) is 23.9 Å². The van der Waals surface area contributed by atoms with Gasteiger partial charge in [0.1, 0.15) is 5.82 Å². The van der Waals surface area contributed by atoms with E-state index in [2.05, 4.69) is 10.4 Å². The van der Waals surface area contributed by atoms with Gasteiger partial charge in [-0.15, -0.1) is 0 Å². The fraction of sp³-hybridized carbons (Fsp3) is 0.538. The Labute approximate surface area is 112 Å². The normalized spacial score (nSPS) is 22.1. The van der Waals surface area contributed by atoms with Gasteiger partial charge in [-0.3, -0.25) is 4.79 Å². The second kappa shape index (κ2) is 5.14. The molecule has 1 aromatic rings. The largest absolute Gasteiger partial charge is 0.392 e. The molecule has 1 aliphatic rings. The van der Waals surface area contributed by atoms with Crippen molar-refractivity contribution < 1.29 is 9.90 Å². The SMILES string of the molecule is CC1(C)CN(C(=O)c2ccnc(NN)c2)CCC1O. The van der Waals surface area contributed by atoms with Gasteiger partial charge >= 0.3 is 0 Å². The fourth-order valence-electron chi connectivity index (χ4n) is 2.34. The van der Waals surface area contributed by atoms with Gasteiger partial charge in [0.05, 0.1) is 6.10 Å². The first-order valence-corrected chi connectivity index (χ1v) is 6.34. The van der Waals surface area contributed by atoms with Crippen molar-refractivity contribution in [2.24, 2.45) is 11.3 Å². The van der Waals surface area contributed by atoms with Crippen LogP contribution in [0.5, 0.6) is 0 Å². The summed E-state index contributed by atoms with van der Waals surface area (Å²) < 4.78 is 0. The number of piperidine rings is 1. The average Bonchev–Trinajstić information content (AvgIpc) is 2.41. The maximum atomic E-state index is 12.4. The molecule has 4 N–H and O–H groups in total. The highest BCUT2D eigenvalue weighted by atomic mass is 16.3. The number of aliphatic hydroxyl groups excluding tert-OH is 1. The van der Waals surface area contributed by atoms with E-state index in [1.165, 1.54) is 0 Å². The molecule has 1 aromatic heterocycles. The van der Waals surface area contributed by atoms with Crippen LogP contribution in [0.4, 0.5) is 5.82 Å². The van der Waals surface area contributed by atoms with E-state index in [-0.39, 0.29) is 17.4 Å². The predicted molar refractivity (Wildman–Crippen MR) is 72.4 cm³/mol. The van der Waals surface area contributed by atoms with E-state index < -0.39 is 0 Å². The van der Waals surface area contributed by atoms with Crippen molar-refractivity contribution >= 4 is 11.7 Å². The van der Waals surface area contributed by atoms with Crippen LogP contribution < -0.4 is 11.3 Å². The Morgan fingerprint density at radius 3 is 3.00 bits per heavy atom. The third-order valence-electron chi connectivity index (χ3n) is 3.61. The molecule has 104 valence electrons. The Hall–Kier alpha value is -1.66. The van der Waals surface area contributed by atoms with Crippen molar-refractivity contribution in [3.63, 3.8) is 0 Å². The zero-order chi connectivity index (χ0) is 14.0. The smallest absolute Gasteiger partial charge is 0.254 e. The zero-order valence-corrected chi connectivity index (χ0v) is 11.3. The quantitative estimate of drug-likeness (QED) is 0.537. The summed E-state index contributed by atoms with van der Waals surface area (Å²) >= 11 is 0. The molecule has 1 fully saturated rings. The van der Waals surface area contributed by atoms with Crippen LogP contribution in [0.3, 0.4) is 0 Å². The molecule has 0 radical (unpaired) electrons. The van der Waals surface area contributed by atoms with Crippen LogP contribution in [-0.2, 0) is 0 Å². The first kappa shape index (κ1) is 13.8. The second-order valence-corrected chi connectivity index (χ2v) is 5.59. The van der Waals surface area contributed by atoms with Crippen LogP contribution in [0, 0.1) is 5.41 Å². The first-order chi connectivity index (χ1) is 8.94. The fourth-order valence-corrected chi connectivity index (χ4v) is 2.34. The summed E-state index contributed by atoms with van der Waals surface area (Å²) in [6.07, 6.45) is 1.79. The van der Waals surface area contributed by atoms with Crippen molar-refractivity contribution in [3.8, 4) is 0 Å². The number of nitrogens with zero attached hydrogens (tertiary/aromatic N) is 2. The molecule has 1 saturated heterocycles. The number of hydrazine groups is 1. The van der Waals surface area contributed by atoms with Gasteiger partial charge in [0, 0.05) is 30.3 Å². The van der Waals surface area contributed by atoms with Crippen molar-refractivity contribution in [1.82, 2.24) is 9.88 Å². The van der Waals surface area contributed by atoms with Crippen LogP contribution in [-0.4, -0.2) is 40.1 Å². The highest BCUT2D eigenvalue weighted by molar-refractivity contribution is 5.94. The zero-order valence-electron chi connectivity index (χ0n) is 11.3. The molecule has 1 aliphatic heterocycles. The number of carbonyl (C=O) groups is 1. The lowest BCUT2D eigenvalue weighted by Crippen LogP contribution is -2.50. The van der Waals surface area contributed by atoms with Crippen molar-refractivity contribution in [2.45, 2.75) is 26.4 Å². The van der Waals surface area contributed by atoms with Gasteiger partial charge in [-0.05, 0) is 18.6 Å². The second-order valence-electron chi connectivity index (χ2n) is 5.59. The van der Waals surface area contributed by atoms with E-state index in [4.69, 9.17) is 5.84 Å². The summed E-state index contributed by atoms with van der Waals surface area (Å²) in [5.41, 5.74) is 2.70. The van der Waals surface area contributed by atoms with Gasteiger partial charge < -0.3 is 15.4 Å². The molecule has 0 aromatic carbocycles. The minimum atomic E-state index is -0.366. The molecular weight excluding hydrogens is 244 g/mol. The third-order valence-corrected chi connectivity index (χ3v) is 3.61. The van der Waals surface area contributed by atoms with Crippen molar-refractivity contribution in [2.75, 3.05) is 18.5 Å². The molecule has 1 unspecified atom stereocenters. The first-order valence-electron chi connectivity index (χ1n) is 6.34. The summed E-state index contributed by atoms with van der Waals surface area (Å²) in [5.74, 6) is 5.69. The summed E-state index contributed by atoms with van der Waals surface area (Å²) in [6.45, 7) is 5.05. The molecule has 0 bridgehead atoms. The van der Waals surface area contributed by atoms with Crippen LogP contribution in [0.1, 0.15) is 30.6 Å². The number of anilines is 1. The lowest BCUT2D eigenvalue weighted by atomic mass is 9.81. The number of hydrogen-bond acceptors (Lipinski definition) is 5. The molecule has 1 amide bonds. The maximum absolute atomic E-state index is 12.4. The van der Waals surface area contributed by atoms with Gasteiger partial charge in [0.25, 0.3) is 5.91 Å². The molecule has 6 nitrogen and oxygen atoms in total. The molecule has 19 heavy (non-hydrogen) atoms. The number of rotatable bonds is 2. The maximum Gasteiger partial charge on any atom is 0.254 e. The van der Waals surface area contributed by atoms with Crippen LogP contribution in [0.15, 0.2) is 18.3 Å². The Kier molecular flexibility index (Phi) is 3.73. The van der Waals surface area contributed by atoms with Crippen LogP contribution in [0.25, 0.3) is 0 Å². The molecule has 0 saturated carbocycles. The van der Waals surface area contributed by atoms with Gasteiger partial charge in [-0.25, -0.2) is 10.8 Å². The monoisotopic (exact) mass is 264 g/mol. The Morgan fingerprint density at radius 2 is 2.37 bits per heavy atom.